The van der Waals surface area contributed by atoms with Gasteiger partial charge in [0.15, 0.2) is 0 Å². The van der Waals surface area contributed by atoms with Crippen LogP contribution in [0.4, 0.5) is 19.0 Å². The van der Waals surface area contributed by atoms with E-state index < -0.39 is 38.1 Å². The van der Waals surface area contributed by atoms with Crippen LogP contribution in [0.2, 0.25) is 0 Å². The van der Waals surface area contributed by atoms with Gasteiger partial charge in [-0.05, 0) is 31.9 Å². The Hall–Kier alpha value is -1.70. The average Bonchev–Trinajstić information content (AvgIpc) is 3.27. The van der Waals surface area contributed by atoms with Crippen molar-refractivity contribution in [2.24, 2.45) is 0 Å². The van der Waals surface area contributed by atoms with Gasteiger partial charge < -0.3 is 5.32 Å². The van der Waals surface area contributed by atoms with Crippen LogP contribution in [-0.4, -0.2) is 51.6 Å². The van der Waals surface area contributed by atoms with Gasteiger partial charge in [0.1, 0.15) is 21.7 Å². The fourth-order valence-corrected chi connectivity index (χ4v) is 8.27. The van der Waals surface area contributed by atoms with Crippen LogP contribution >= 0.6 is 11.3 Å². The van der Waals surface area contributed by atoms with Gasteiger partial charge in [-0.2, -0.15) is 13.2 Å². The quantitative estimate of drug-likeness (QED) is 0.676. The first-order valence-electron chi connectivity index (χ1n) is 9.50. The van der Waals surface area contributed by atoms with Crippen molar-refractivity contribution in [3.63, 3.8) is 0 Å². The number of anilines is 1. The fraction of sp³-hybridized carbons (Fsp3) is 0.500. The number of fused-ring (bicyclic) bond motifs is 1. The van der Waals surface area contributed by atoms with Gasteiger partial charge in [-0.25, -0.2) is 26.5 Å². The molecule has 1 atom stereocenters. The number of aryl methyl sites for hydroxylation is 1. The third-order valence-electron chi connectivity index (χ3n) is 5.47. The molecule has 31 heavy (non-hydrogen) atoms. The highest BCUT2D eigenvalue weighted by Gasteiger charge is 2.44. The van der Waals surface area contributed by atoms with Crippen LogP contribution in [0.5, 0.6) is 0 Å². The molecule has 4 heterocycles. The Morgan fingerprint density at radius 1 is 1.26 bits per heavy atom. The Balaban J connectivity index is 1.60. The number of hydrogen-bond acceptors (Lipinski definition) is 7. The van der Waals surface area contributed by atoms with Crippen molar-refractivity contribution in [3.8, 4) is 10.4 Å². The summed E-state index contributed by atoms with van der Waals surface area (Å²) in [7, 11) is -7.03. The molecule has 0 amide bonds. The summed E-state index contributed by atoms with van der Waals surface area (Å²) in [5, 5.41) is 2.39. The van der Waals surface area contributed by atoms with Crippen LogP contribution < -0.4 is 10.0 Å². The van der Waals surface area contributed by atoms with Crippen LogP contribution in [0.15, 0.2) is 23.2 Å². The summed E-state index contributed by atoms with van der Waals surface area (Å²) in [6.07, 6.45) is -2.89. The molecular formula is C18H20F3N3O4S3. The normalized spacial score (nSPS) is 21.6. The van der Waals surface area contributed by atoms with Gasteiger partial charge in [0.2, 0.25) is 10.0 Å². The van der Waals surface area contributed by atoms with Gasteiger partial charge in [-0.3, -0.25) is 0 Å². The summed E-state index contributed by atoms with van der Waals surface area (Å²) in [5.41, 5.74) is 0.919. The number of thiophene rings is 1. The zero-order chi connectivity index (χ0) is 22.6. The lowest BCUT2D eigenvalue weighted by Gasteiger charge is -2.22. The van der Waals surface area contributed by atoms with E-state index in [2.05, 4.69) is 15.0 Å². The molecule has 0 spiro atoms. The molecule has 2 aromatic rings. The highest BCUT2D eigenvalue weighted by molar-refractivity contribution is 7.91. The highest BCUT2D eigenvalue weighted by Crippen LogP contribution is 2.41. The van der Waals surface area contributed by atoms with Crippen molar-refractivity contribution < 1.29 is 30.0 Å². The van der Waals surface area contributed by atoms with Gasteiger partial charge >= 0.3 is 6.18 Å². The average molecular weight is 496 g/mol. The Morgan fingerprint density at radius 2 is 1.94 bits per heavy atom. The van der Waals surface area contributed by atoms with Crippen LogP contribution in [0.1, 0.15) is 23.3 Å². The molecular weight excluding hydrogens is 475 g/mol. The van der Waals surface area contributed by atoms with E-state index in [-0.39, 0.29) is 41.5 Å². The summed E-state index contributed by atoms with van der Waals surface area (Å²) in [4.78, 5) is 5.07. The maximum atomic E-state index is 13.1. The van der Waals surface area contributed by atoms with Crippen LogP contribution in [0.25, 0.3) is 10.4 Å². The topological polar surface area (TPSA) is 105 Å². The van der Waals surface area contributed by atoms with E-state index >= 15 is 0 Å². The molecule has 0 radical (unpaired) electrons. The van der Waals surface area contributed by atoms with Crippen molar-refractivity contribution in [1.82, 2.24) is 9.71 Å². The van der Waals surface area contributed by atoms with Gasteiger partial charge in [-0.1, -0.05) is 0 Å². The van der Waals surface area contributed by atoms with E-state index in [0.29, 0.717) is 20.9 Å². The van der Waals surface area contributed by atoms with Crippen LogP contribution in [-0.2, 0) is 26.3 Å². The van der Waals surface area contributed by atoms with Crippen molar-refractivity contribution in [2.75, 3.05) is 16.8 Å². The highest BCUT2D eigenvalue weighted by atomic mass is 32.2. The van der Waals surface area contributed by atoms with Crippen LogP contribution in [0.3, 0.4) is 0 Å². The summed E-state index contributed by atoms with van der Waals surface area (Å²) >= 11 is 1.18. The Labute approximate surface area is 182 Å². The third kappa shape index (κ3) is 4.59. The third-order valence-corrected chi connectivity index (χ3v) is 10.0. The van der Waals surface area contributed by atoms with Gasteiger partial charge in [-0.15, -0.1) is 11.3 Å². The first-order valence-corrected chi connectivity index (χ1v) is 13.6. The Morgan fingerprint density at radius 3 is 2.58 bits per heavy atom. The van der Waals surface area contributed by atoms with Crippen molar-refractivity contribution in [2.45, 2.75) is 49.3 Å². The van der Waals surface area contributed by atoms with E-state index in [9.17, 15) is 30.0 Å². The van der Waals surface area contributed by atoms with Crippen LogP contribution in [0, 0.1) is 6.92 Å². The second-order valence-electron chi connectivity index (χ2n) is 7.71. The molecule has 0 bridgehead atoms. The van der Waals surface area contributed by atoms with E-state index in [1.54, 1.807) is 13.0 Å². The number of nitrogens with one attached hydrogen (secondary N) is 2. The maximum absolute atomic E-state index is 13.1. The number of pyridine rings is 1. The van der Waals surface area contributed by atoms with Crippen molar-refractivity contribution in [1.29, 1.82) is 0 Å². The number of halogens is 3. The monoisotopic (exact) mass is 495 g/mol. The van der Waals surface area contributed by atoms with E-state index in [1.165, 1.54) is 23.6 Å². The minimum atomic E-state index is -4.42. The first kappa shape index (κ1) is 22.5. The molecule has 7 nitrogen and oxygen atoms in total. The minimum Gasteiger partial charge on any atom is -0.358 e. The number of sulfonamides is 1. The summed E-state index contributed by atoms with van der Waals surface area (Å²) < 4.78 is 91.0. The number of alkyl halides is 3. The van der Waals surface area contributed by atoms with Gasteiger partial charge in [0.05, 0.1) is 16.4 Å². The molecule has 2 aromatic heterocycles. The van der Waals surface area contributed by atoms with E-state index in [4.69, 9.17) is 0 Å². The van der Waals surface area contributed by atoms with Crippen molar-refractivity contribution >= 4 is 37.0 Å². The number of nitrogens with zero attached hydrogens (tertiary/aromatic N) is 1. The number of rotatable bonds is 4. The minimum absolute atomic E-state index is 0.0461. The summed E-state index contributed by atoms with van der Waals surface area (Å²) in [6.45, 7) is 1.63. The lowest BCUT2D eigenvalue weighted by Crippen LogP contribution is -2.40. The lowest BCUT2D eigenvalue weighted by atomic mass is 10.0. The Bertz CT molecular complexity index is 1210. The molecule has 4 rings (SSSR count). The van der Waals surface area contributed by atoms with Crippen molar-refractivity contribution in [3.05, 3.63) is 28.8 Å². The molecule has 2 N–H and O–H groups in total. The lowest BCUT2D eigenvalue weighted by molar-refractivity contribution is -0.140. The second kappa shape index (κ2) is 7.71. The molecule has 170 valence electrons. The predicted molar refractivity (Wildman–Crippen MR) is 111 cm³/mol. The number of sulfone groups is 1. The first-order chi connectivity index (χ1) is 14.4. The largest absolute Gasteiger partial charge is 0.408 e. The zero-order valence-corrected chi connectivity index (χ0v) is 18.8. The number of hydrogen-bond donors (Lipinski definition) is 2. The molecule has 1 fully saturated rings. The molecule has 0 aliphatic carbocycles. The maximum Gasteiger partial charge on any atom is 0.408 e. The molecule has 2 aliphatic heterocycles. The molecule has 1 unspecified atom stereocenters. The summed E-state index contributed by atoms with van der Waals surface area (Å²) in [6, 6.07) is 0.835. The molecule has 0 aromatic carbocycles. The SMILES string of the molecule is Cc1sc(-c2ccnc3c2CC(C(F)(F)F)N3)cc1S(=O)(=O)NC1CCS(=O)(=O)CC1. The molecule has 0 saturated carbocycles. The second-order valence-corrected chi connectivity index (χ2v) is 12.9. The standard InChI is InChI=1S/C18H20F3N3O4S3/c1-10-15(31(27,28)24-11-3-6-30(25,26)7-4-11)9-14(29-10)12-2-5-22-17-13(12)8-16(23-17)18(19,20)21/h2,5,9,11,16,24H,3-4,6-8H2,1H3,(H,22,23). The van der Waals surface area contributed by atoms with E-state index in [1.807, 2.05) is 0 Å². The fourth-order valence-electron chi connectivity index (χ4n) is 3.83. The van der Waals surface area contributed by atoms with Gasteiger partial charge in [0.25, 0.3) is 0 Å². The Kier molecular flexibility index (Phi) is 5.59. The summed E-state index contributed by atoms with van der Waals surface area (Å²) in [5.74, 6) is 0.0200. The zero-order valence-electron chi connectivity index (χ0n) is 16.4. The molecule has 2 aliphatic rings. The number of aromatic nitrogens is 1. The molecule has 1 saturated heterocycles. The molecule has 13 heteroatoms. The van der Waals surface area contributed by atoms with Gasteiger partial charge in [0, 0.05) is 39.5 Å². The van der Waals surface area contributed by atoms with E-state index in [0.717, 1.165) is 0 Å². The smallest absolute Gasteiger partial charge is 0.358 e. The predicted octanol–water partition coefficient (Wildman–Crippen LogP) is 2.87.